The zero-order chi connectivity index (χ0) is 25.2. The first-order valence-electron chi connectivity index (χ1n) is 11.1. The summed E-state index contributed by atoms with van der Waals surface area (Å²) in [6, 6.07) is 5.63. The van der Waals surface area contributed by atoms with Gasteiger partial charge in [-0.3, -0.25) is 23.9 Å². The van der Waals surface area contributed by atoms with Gasteiger partial charge in [0, 0.05) is 38.1 Å². The number of alkyl halides is 3. The Kier molecular flexibility index (Phi) is 7.50. The number of amides is 2. The Bertz CT molecular complexity index is 1140. The van der Waals surface area contributed by atoms with E-state index in [2.05, 4.69) is 10.2 Å². The van der Waals surface area contributed by atoms with Gasteiger partial charge in [-0.05, 0) is 57.1 Å². The van der Waals surface area contributed by atoms with Crippen LogP contribution in [0.5, 0.6) is 0 Å². The average Bonchev–Trinajstić information content (AvgIpc) is 3.24. The van der Waals surface area contributed by atoms with Crippen molar-refractivity contribution in [3.05, 3.63) is 63.1 Å². The van der Waals surface area contributed by atoms with Crippen LogP contribution in [0.4, 0.5) is 13.2 Å². The van der Waals surface area contributed by atoms with Crippen LogP contribution in [-0.2, 0) is 6.18 Å². The third kappa shape index (κ3) is 5.16. The summed E-state index contributed by atoms with van der Waals surface area (Å²) in [5, 5.41) is 2.78. The minimum atomic E-state index is -4.61. The smallest absolute Gasteiger partial charge is 0.350 e. The Morgan fingerprint density at radius 2 is 1.88 bits per heavy atom. The fraction of sp³-hybridized carbons (Fsp3) is 0.458. The van der Waals surface area contributed by atoms with Crippen molar-refractivity contribution < 1.29 is 22.8 Å². The number of carbonyl (C=O) groups is 2. The number of benzene rings is 1. The maximum absolute atomic E-state index is 13.3. The minimum absolute atomic E-state index is 0.0585. The predicted molar refractivity (Wildman–Crippen MR) is 122 cm³/mol. The Labute approximate surface area is 196 Å². The van der Waals surface area contributed by atoms with Crippen LogP contribution in [0.25, 0.3) is 5.69 Å². The van der Waals surface area contributed by atoms with Crippen molar-refractivity contribution in [2.75, 3.05) is 33.7 Å². The van der Waals surface area contributed by atoms with E-state index in [0.717, 1.165) is 42.6 Å². The molecule has 1 saturated heterocycles. The van der Waals surface area contributed by atoms with E-state index in [1.807, 2.05) is 6.92 Å². The molecular weight excluding hydrogens is 449 g/mol. The number of carbonyl (C=O) groups excluding carboxylic acids is 2. The number of likely N-dealkylation sites (tertiary alicyclic amines) is 1. The molecule has 10 heteroatoms. The van der Waals surface area contributed by atoms with Gasteiger partial charge in [0.05, 0.1) is 11.1 Å². The summed E-state index contributed by atoms with van der Waals surface area (Å²) in [5.41, 5.74) is -1.89. The summed E-state index contributed by atoms with van der Waals surface area (Å²) in [6.45, 7) is 5.62. The van der Waals surface area contributed by atoms with E-state index in [4.69, 9.17) is 0 Å². The molecule has 7 nitrogen and oxygen atoms in total. The van der Waals surface area contributed by atoms with E-state index in [9.17, 15) is 27.6 Å². The third-order valence-electron chi connectivity index (χ3n) is 6.16. The summed E-state index contributed by atoms with van der Waals surface area (Å²) < 4.78 is 40.9. The third-order valence-corrected chi connectivity index (χ3v) is 6.16. The number of aromatic nitrogens is 1. The molecule has 3 rings (SSSR count). The van der Waals surface area contributed by atoms with Crippen LogP contribution in [0.2, 0.25) is 0 Å². The van der Waals surface area contributed by atoms with Gasteiger partial charge in [0.2, 0.25) is 0 Å². The predicted octanol–water partition coefficient (Wildman–Crippen LogP) is 3.08. The van der Waals surface area contributed by atoms with Crippen LogP contribution >= 0.6 is 0 Å². The number of pyridine rings is 1. The highest BCUT2D eigenvalue weighted by Crippen LogP contribution is 2.30. The fourth-order valence-electron chi connectivity index (χ4n) is 4.30. The molecule has 2 aromatic rings. The molecule has 1 aliphatic heterocycles. The quantitative estimate of drug-likeness (QED) is 0.693. The molecule has 1 atom stereocenters. The maximum Gasteiger partial charge on any atom is 0.416 e. The number of likely N-dealkylation sites (N-methyl/N-ethyl adjacent to an activating group) is 1. The monoisotopic (exact) mass is 478 g/mol. The standard InChI is InChI=1S/C24H29F3N4O3/c1-5-30-11-7-10-18(30)14-28-21(32)20-13-19(22(33)29(3)4)15(2)31(23(20)34)17-9-6-8-16(12-17)24(25,26)27/h6,8-9,12-13,18H,5,7,10-11,14H2,1-4H3,(H,28,32). The highest BCUT2D eigenvalue weighted by atomic mass is 19.4. The van der Waals surface area contributed by atoms with Gasteiger partial charge >= 0.3 is 6.18 Å². The summed E-state index contributed by atoms with van der Waals surface area (Å²) in [5.74, 6) is -1.14. The first kappa shape index (κ1) is 25.5. The largest absolute Gasteiger partial charge is 0.416 e. The van der Waals surface area contributed by atoms with Gasteiger partial charge in [-0.15, -0.1) is 0 Å². The molecule has 2 heterocycles. The highest BCUT2D eigenvalue weighted by molar-refractivity contribution is 6.00. The molecule has 0 saturated carbocycles. The second-order valence-electron chi connectivity index (χ2n) is 8.58. The van der Waals surface area contributed by atoms with E-state index < -0.39 is 29.1 Å². The zero-order valence-corrected chi connectivity index (χ0v) is 19.7. The molecule has 0 aliphatic carbocycles. The lowest BCUT2D eigenvalue weighted by Gasteiger charge is -2.23. The van der Waals surface area contributed by atoms with Crippen LogP contribution in [0.15, 0.2) is 35.1 Å². The second-order valence-corrected chi connectivity index (χ2v) is 8.58. The van der Waals surface area contributed by atoms with Gasteiger partial charge in [0.1, 0.15) is 5.56 Å². The normalized spacial score (nSPS) is 16.5. The number of nitrogens with zero attached hydrogens (tertiary/aromatic N) is 3. The Balaban J connectivity index is 2.09. The van der Waals surface area contributed by atoms with Crippen molar-refractivity contribution >= 4 is 11.8 Å². The molecule has 1 aliphatic rings. The lowest BCUT2D eigenvalue weighted by Crippen LogP contribution is -2.42. The summed E-state index contributed by atoms with van der Waals surface area (Å²) in [7, 11) is 3.03. The molecule has 0 spiro atoms. The molecule has 34 heavy (non-hydrogen) atoms. The van der Waals surface area contributed by atoms with Crippen molar-refractivity contribution in [2.24, 2.45) is 0 Å². The van der Waals surface area contributed by atoms with Gasteiger partial charge in [0.25, 0.3) is 17.4 Å². The molecule has 2 amide bonds. The van der Waals surface area contributed by atoms with Crippen molar-refractivity contribution in [1.29, 1.82) is 0 Å². The molecule has 1 aromatic carbocycles. The van der Waals surface area contributed by atoms with Crippen molar-refractivity contribution in [3.63, 3.8) is 0 Å². The maximum atomic E-state index is 13.3. The van der Waals surface area contributed by atoms with Crippen molar-refractivity contribution in [2.45, 2.75) is 38.9 Å². The molecule has 1 aromatic heterocycles. The van der Waals surface area contributed by atoms with Crippen LogP contribution in [-0.4, -0.2) is 66.0 Å². The lowest BCUT2D eigenvalue weighted by molar-refractivity contribution is -0.137. The number of hydrogen-bond donors (Lipinski definition) is 1. The molecule has 1 fully saturated rings. The van der Waals surface area contributed by atoms with E-state index in [0.29, 0.717) is 6.54 Å². The lowest BCUT2D eigenvalue weighted by atomic mass is 10.1. The van der Waals surface area contributed by atoms with Gasteiger partial charge in [-0.1, -0.05) is 13.0 Å². The van der Waals surface area contributed by atoms with Crippen LogP contribution in [0, 0.1) is 6.92 Å². The topological polar surface area (TPSA) is 74.7 Å². The minimum Gasteiger partial charge on any atom is -0.350 e. The number of nitrogens with one attached hydrogen (secondary N) is 1. The average molecular weight is 479 g/mol. The zero-order valence-electron chi connectivity index (χ0n) is 19.7. The first-order valence-corrected chi connectivity index (χ1v) is 11.1. The molecule has 184 valence electrons. The van der Waals surface area contributed by atoms with Gasteiger partial charge < -0.3 is 10.2 Å². The van der Waals surface area contributed by atoms with Crippen LogP contribution in [0.3, 0.4) is 0 Å². The van der Waals surface area contributed by atoms with E-state index in [1.165, 1.54) is 44.1 Å². The Hall–Kier alpha value is -3.14. The highest BCUT2D eigenvalue weighted by Gasteiger charge is 2.31. The summed E-state index contributed by atoms with van der Waals surface area (Å²) in [4.78, 5) is 42.7. The van der Waals surface area contributed by atoms with Crippen molar-refractivity contribution in [3.8, 4) is 5.69 Å². The Morgan fingerprint density at radius 1 is 1.18 bits per heavy atom. The van der Waals surface area contributed by atoms with E-state index in [-0.39, 0.29) is 28.6 Å². The first-order chi connectivity index (χ1) is 16.0. The van der Waals surface area contributed by atoms with Crippen LogP contribution < -0.4 is 10.9 Å². The molecule has 1 N–H and O–H groups in total. The second kappa shape index (κ2) is 10.0. The SMILES string of the molecule is CCN1CCCC1CNC(=O)c1cc(C(=O)N(C)C)c(C)n(-c2cccc(C(F)(F)F)c2)c1=O. The van der Waals surface area contributed by atoms with Gasteiger partial charge in [-0.25, -0.2) is 0 Å². The van der Waals surface area contributed by atoms with Gasteiger partial charge in [0.15, 0.2) is 0 Å². The van der Waals surface area contributed by atoms with Crippen molar-refractivity contribution in [1.82, 2.24) is 19.7 Å². The van der Waals surface area contributed by atoms with E-state index >= 15 is 0 Å². The molecule has 1 unspecified atom stereocenters. The van der Waals surface area contributed by atoms with E-state index in [1.54, 1.807) is 0 Å². The summed E-state index contributed by atoms with van der Waals surface area (Å²) >= 11 is 0. The fourth-order valence-corrected chi connectivity index (χ4v) is 4.30. The molecule has 0 radical (unpaired) electrons. The number of rotatable bonds is 6. The molecule has 0 bridgehead atoms. The molecular formula is C24H29F3N4O3. The van der Waals surface area contributed by atoms with Crippen LogP contribution in [0.1, 0.15) is 51.7 Å². The van der Waals surface area contributed by atoms with Gasteiger partial charge in [-0.2, -0.15) is 13.2 Å². The number of halogens is 3. The Morgan fingerprint density at radius 3 is 2.50 bits per heavy atom. The summed E-state index contributed by atoms with van der Waals surface area (Å²) in [6.07, 6.45) is -2.68. The number of hydrogen-bond acceptors (Lipinski definition) is 4.